The van der Waals surface area contributed by atoms with Crippen molar-refractivity contribution in [2.45, 2.75) is 25.4 Å². The van der Waals surface area contributed by atoms with Crippen molar-refractivity contribution in [1.82, 2.24) is 9.55 Å². The molecular weight excluding hydrogens is 207 g/mol. The second kappa shape index (κ2) is 3.59. The van der Waals surface area contributed by atoms with Crippen LogP contribution in [0.3, 0.4) is 0 Å². The van der Waals surface area contributed by atoms with Crippen molar-refractivity contribution >= 4 is 0 Å². The molecule has 1 fully saturated rings. The number of nitrogens with zero attached hydrogens (tertiary/aromatic N) is 1. The van der Waals surface area contributed by atoms with Gasteiger partial charge in [0.25, 0.3) is 5.56 Å². The summed E-state index contributed by atoms with van der Waals surface area (Å²) >= 11 is 0. The highest BCUT2D eigenvalue weighted by atomic mass is 19.1. The smallest absolute Gasteiger partial charge is 0.330 e. The number of aromatic amines is 1. The summed E-state index contributed by atoms with van der Waals surface area (Å²) in [6.45, 7) is 0. The molecule has 0 bridgehead atoms. The summed E-state index contributed by atoms with van der Waals surface area (Å²) in [6.07, 6.45) is -0.121. The largest absolute Gasteiger partial charge is 0.368 e. The minimum Gasteiger partial charge on any atom is -0.368 e. The van der Waals surface area contributed by atoms with Gasteiger partial charge in [0.15, 0.2) is 6.29 Å². The van der Waals surface area contributed by atoms with Crippen molar-refractivity contribution in [3.63, 3.8) is 0 Å². The van der Waals surface area contributed by atoms with Gasteiger partial charge in [-0.05, 0) is 6.42 Å². The van der Waals surface area contributed by atoms with Gasteiger partial charge < -0.3 is 9.84 Å². The fourth-order valence-electron chi connectivity index (χ4n) is 1.48. The van der Waals surface area contributed by atoms with Crippen LogP contribution in [0.5, 0.6) is 0 Å². The Labute approximate surface area is 82.9 Å². The molecule has 1 aliphatic heterocycles. The van der Waals surface area contributed by atoms with Crippen LogP contribution in [-0.4, -0.2) is 20.9 Å². The fourth-order valence-corrected chi connectivity index (χ4v) is 1.48. The molecule has 2 rings (SSSR count). The van der Waals surface area contributed by atoms with Crippen LogP contribution in [0.15, 0.2) is 15.8 Å². The molecule has 7 heteroatoms. The SMILES string of the molecule is O=c1[nH]c(=O)n(C2CC[C@@H](O)O2)cc1F. The number of ether oxygens (including phenoxy) is 1. The molecule has 1 unspecified atom stereocenters. The maximum Gasteiger partial charge on any atom is 0.330 e. The minimum atomic E-state index is -1.06. The van der Waals surface area contributed by atoms with Gasteiger partial charge in [0, 0.05) is 6.42 Å². The normalized spacial score (nSPS) is 25.7. The molecule has 0 aromatic carbocycles. The van der Waals surface area contributed by atoms with Gasteiger partial charge in [-0.2, -0.15) is 4.39 Å². The van der Waals surface area contributed by atoms with Gasteiger partial charge in [-0.25, -0.2) is 4.79 Å². The van der Waals surface area contributed by atoms with E-state index < -0.39 is 29.6 Å². The van der Waals surface area contributed by atoms with E-state index in [9.17, 15) is 14.0 Å². The van der Waals surface area contributed by atoms with Gasteiger partial charge in [0.2, 0.25) is 5.82 Å². The topological polar surface area (TPSA) is 84.3 Å². The minimum absolute atomic E-state index is 0.373. The molecule has 6 nitrogen and oxygen atoms in total. The van der Waals surface area contributed by atoms with E-state index in [1.807, 2.05) is 4.98 Å². The molecule has 0 amide bonds. The van der Waals surface area contributed by atoms with Crippen molar-refractivity contribution in [1.29, 1.82) is 0 Å². The zero-order valence-electron chi connectivity index (χ0n) is 7.64. The summed E-state index contributed by atoms with van der Waals surface area (Å²) in [5.74, 6) is -1.06. The van der Waals surface area contributed by atoms with Gasteiger partial charge >= 0.3 is 5.69 Å². The van der Waals surface area contributed by atoms with E-state index in [0.717, 1.165) is 10.8 Å². The highest BCUT2D eigenvalue weighted by molar-refractivity contribution is 4.89. The summed E-state index contributed by atoms with van der Waals surface area (Å²) in [4.78, 5) is 23.8. The van der Waals surface area contributed by atoms with Crippen molar-refractivity contribution in [3.8, 4) is 0 Å². The van der Waals surface area contributed by atoms with Gasteiger partial charge in [0.1, 0.15) is 6.23 Å². The molecular formula is C8H9FN2O4. The third-order valence-electron chi connectivity index (χ3n) is 2.21. The number of rotatable bonds is 1. The highest BCUT2D eigenvalue weighted by Crippen LogP contribution is 2.24. The van der Waals surface area contributed by atoms with Crippen molar-refractivity contribution < 1.29 is 14.2 Å². The van der Waals surface area contributed by atoms with Crippen molar-refractivity contribution in [2.75, 3.05) is 0 Å². The zero-order valence-corrected chi connectivity index (χ0v) is 7.64. The summed E-state index contributed by atoms with van der Waals surface area (Å²) in [7, 11) is 0. The second-order valence-corrected chi connectivity index (χ2v) is 3.27. The zero-order chi connectivity index (χ0) is 11.0. The predicted octanol–water partition coefficient (Wildman–Crippen LogP) is -0.697. The van der Waals surface area contributed by atoms with Crippen LogP contribution < -0.4 is 11.2 Å². The first-order valence-electron chi connectivity index (χ1n) is 4.42. The summed E-state index contributed by atoms with van der Waals surface area (Å²) in [5.41, 5.74) is -1.81. The Balaban J connectivity index is 2.41. The van der Waals surface area contributed by atoms with E-state index in [1.165, 1.54) is 0 Å². The third kappa shape index (κ3) is 1.83. The van der Waals surface area contributed by atoms with Gasteiger partial charge in [-0.15, -0.1) is 0 Å². The number of aliphatic hydroxyl groups excluding tert-OH is 1. The predicted molar refractivity (Wildman–Crippen MR) is 46.6 cm³/mol. The van der Waals surface area contributed by atoms with Crippen LogP contribution in [0.1, 0.15) is 19.1 Å². The number of H-pyrrole nitrogens is 1. The number of nitrogens with one attached hydrogen (secondary N) is 1. The van der Waals surface area contributed by atoms with E-state index >= 15 is 0 Å². The van der Waals surface area contributed by atoms with E-state index in [0.29, 0.717) is 12.8 Å². The molecule has 0 radical (unpaired) electrons. The van der Waals surface area contributed by atoms with Gasteiger partial charge in [-0.3, -0.25) is 14.3 Å². The van der Waals surface area contributed by atoms with Crippen LogP contribution in [0.25, 0.3) is 0 Å². The van der Waals surface area contributed by atoms with Gasteiger partial charge in [-0.1, -0.05) is 0 Å². The molecule has 2 atom stereocenters. The Morgan fingerprint density at radius 3 is 2.87 bits per heavy atom. The molecule has 0 aliphatic carbocycles. The molecule has 0 saturated carbocycles. The first-order chi connectivity index (χ1) is 7.08. The number of hydrogen-bond acceptors (Lipinski definition) is 4. The summed E-state index contributed by atoms with van der Waals surface area (Å²) in [6, 6.07) is 0. The molecule has 2 N–H and O–H groups in total. The summed E-state index contributed by atoms with van der Waals surface area (Å²) in [5, 5.41) is 9.07. The Hall–Kier alpha value is -1.47. The average molecular weight is 216 g/mol. The highest BCUT2D eigenvalue weighted by Gasteiger charge is 2.26. The Kier molecular flexibility index (Phi) is 2.41. The van der Waals surface area contributed by atoms with Gasteiger partial charge in [0.05, 0.1) is 6.20 Å². The molecule has 2 heterocycles. The van der Waals surface area contributed by atoms with Crippen LogP contribution in [0.4, 0.5) is 4.39 Å². The second-order valence-electron chi connectivity index (χ2n) is 3.27. The molecule has 1 aliphatic rings. The van der Waals surface area contributed by atoms with Crippen molar-refractivity contribution in [3.05, 3.63) is 32.9 Å². The maximum absolute atomic E-state index is 12.9. The molecule has 15 heavy (non-hydrogen) atoms. The van der Waals surface area contributed by atoms with Crippen LogP contribution in [0, 0.1) is 5.82 Å². The maximum atomic E-state index is 12.9. The van der Waals surface area contributed by atoms with E-state index in [1.54, 1.807) is 0 Å². The molecule has 1 aromatic heterocycles. The third-order valence-corrected chi connectivity index (χ3v) is 2.21. The number of aliphatic hydroxyl groups is 1. The number of hydrogen-bond donors (Lipinski definition) is 2. The lowest BCUT2D eigenvalue weighted by atomic mass is 10.3. The average Bonchev–Trinajstić information content (AvgIpc) is 2.58. The standard InChI is InChI=1S/C8H9FN2O4/c9-4-3-11(8(14)10-7(4)13)5-1-2-6(12)15-5/h3,5-6,12H,1-2H2,(H,10,13,14)/t5?,6-/m0/s1. The monoisotopic (exact) mass is 216 g/mol. The Bertz CT molecular complexity index is 480. The van der Waals surface area contributed by atoms with Crippen LogP contribution in [-0.2, 0) is 4.74 Å². The Morgan fingerprint density at radius 2 is 2.27 bits per heavy atom. The van der Waals surface area contributed by atoms with Crippen molar-refractivity contribution in [2.24, 2.45) is 0 Å². The lowest BCUT2D eigenvalue weighted by molar-refractivity contribution is -0.114. The van der Waals surface area contributed by atoms with E-state index in [2.05, 4.69) is 0 Å². The number of halogens is 1. The first kappa shape index (κ1) is 10.1. The van der Waals surface area contributed by atoms with Crippen LogP contribution >= 0.6 is 0 Å². The molecule has 1 aromatic rings. The lowest BCUT2D eigenvalue weighted by Gasteiger charge is -2.12. The fraction of sp³-hybridized carbons (Fsp3) is 0.500. The molecule has 82 valence electrons. The molecule has 0 spiro atoms. The number of aromatic nitrogens is 2. The lowest BCUT2D eigenvalue weighted by Crippen LogP contribution is -2.33. The van der Waals surface area contributed by atoms with Crippen LogP contribution in [0.2, 0.25) is 0 Å². The van der Waals surface area contributed by atoms with E-state index in [-0.39, 0.29) is 0 Å². The first-order valence-corrected chi connectivity index (χ1v) is 4.42. The Morgan fingerprint density at radius 1 is 1.53 bits per heavy atom. The summed E-state index contributed by atoms with van der Waals surface area (Å²) < 4.78 is 18.8. The quantitative estimate of drug-likeness (QED) is 0.650. The molecule has 1 saturated heterocycles. The van der Waals surface area contributed by atoms with E-state index in [4.69, 9.17) is 9.84 Å².